The Balaban J connectivity index is 1.76. The van der Waals surface area contributed by atoms with E-state index in [2.05, 4.69) is 15.3 Å². The molecule has 0 bridgehead atoms. The lowest BCUT2D eigenvalue weighted by Crippen LogP contribution is -2.34. The van der Waals surface area contributed by atoms with E-state index < -0.39 is 41.5 Å². The Bertz CT molecular complexity index is 1050. The fraction of sp³-hybridized carbons (Fsp3) is 0.400. The molecule has 2 heterocycles. The number of hydrogen-bond donors (Lipinski definition) is 2. The minimum Gasteiger partial charge on any atom is -0.479 e. The monoisotopic (exact) mass is 430 g/mol. The molecular weight excluding hydrogens is 408 g/mol. The fourth-order valence-corrected chi connectivity index (χ4v) is 2.81. The summed E-state index contributed by atoms with van der Waals surface area (Å²) in [6.45, 7) is 5.08. The number of nitrogens with zero attached hydrogens (tertiary/aromatic N) is 3. The minimum atomic E-state index is -1.47. The molecule has 164 valence electrons. The van der Waals surface area contributed by atoms with Crippen molar-refractivity contribution in [3.05, 3.63) is 52.7 Å². The molecule has 3 rings (SSSR count). The SMILES string of the molecule is CC(C)(C)C(=O)Nc1ncn([C@H]2C[C@H](OC(=O)c3ccccc3)[C@@H](C(=O)O)O2)c(=O)n1. The van der Waals surface area contributed by atoms with Crippen LogP contribution < -0.4 is 11.0 Å². The van der Waals surface area contributed by atoms with Crippen LogP contribution >= 0.6 is 0 Å². The van der Waals surface area contributed by atoms with Crippen LogP contribution in [-0.4, -0.2) is 49.7 Å². The molecule has 1 fully saturated rings. The zero-order valence-electron chi connectivity index (χ0n) is 17.1. The number of hydrogen-bond acceptors (Lipinski definition) is 8. The number of carboxylic acid groups (broad SMARTS) is 1. The first kappa shape index (κ1) is 22.1. The molecule has 3 atom stereocenters. The molecule has 2 aromatic rings. The van der Waals surface area contributed by atoms with E-state index in [1.165, 1.54) is 12.1 Å². The molecule has 1 amide bonds. The van der Waals surface area contributed by atoms with E-state index in [-0.39, 0.29) is 23.8 Å². The van der Waals surface area contributed by atoms with Crippen molar-refractivity contribution < 1.29 is 29.0 Å². The van der Waals surface area contributed by atoms with Gasteiger partial charge in [0, 0.05) is 11.8 Å². The standard InChI is InChI=1S/C20H22N4O7/c1-20(2,3)17(28)22-18-21-10-24(19(29)23-18)13-9-12(14(31-13)15(25)26)30-16(27)11-7-5-4-6-8-11/h4-8,10,12-14H,9H2,1-3H3,(H,25,26)(H,22,23,28,29)/t12-,13+,14-/m0/s1. The summed E-state index contributed by atoms with van der Waals surface area (Å²) in [6.07, 6.45) is -2.65. The van der Waals surface area contributed by atoms with Crippen LogP contribution in [0.5, 0.6) is 0 Å². The highest BCUT2D eigenvalue weighted by Crippen LogP contribution is 2.30. The summed E-state index contributed by atoms with van der Waals surface area (Å²) in [5.41, 5.74) is -1.25. The highest BCUT2D eigenvalue weighted by Gasteiger charge is 2.44. The van der Waals surface area contributed by atoms with E-state index in [0.29, 0.717) is 0 Å². The molecule has 11 nitrogen and oxygen atoms in total. The summed E-state index contributed by atoms with van der Waals surface area (Å²) in [6, 6.07) is 8.10. The first-order valence-corrected chi connectivity index (χ1v) is 9.47. The van der Waals surface area contributed by atoms with Gasteiger partial charge in [-0.25, -0.2) is 19.4 Å². The van der Waals surface area contributed by atoms with Crippen molar-refractivity contribution in [3.63, 3.8) is 0 Å². The number of amides is 1. The second-order valence-corrected chi connectivity index (χ2v) is 7.97. The third kappa shape index (κ3) is 5.12. The van der Waals surface area contributed by atoms with Crippen molar-refractivity contribution in [1.29, 1.82) is 0 Å². The summed E-state index contributed by atoms with van der Waals surface area (Å²) in [5, 5.41) is 11.9. The largest absolute Gasteiger partial charge is 0.479 e. The normalized spacial score (nSPS) is 20.8. The van der Waals surface area contributed by atoms with Crippen LogP contribution in [0.2, 0.25) is 0 Å². The number of nitrogens with one attached hydrogen (secondary N) is 1. The number of benzene rings is 1. The van der Waals surface area contributed by atoms with Crippen LogP contribution in [0.25, 0.3) is 0 Å². The second kappa shape index (κ2) is 8.64. The van der Waals surface area contributed by atoms with Gasteiger partial charge in [-0.2, -0.15) is 4.98 Å². The molecule has 0 spiro atoms. The Hall–Kier alpha value is -3.60. The molecule has 0 radical (unpaired) electrons. The molecule has 0 saturated carbocycles. The number of rotatable bonds is 5. The summed E-state index contributed by atoms with van der Waals surface area (Å²) in [4.78, 5) is 56.0. The quantitative estimate of drug-likeness (QED) is 0.667. The Morgan fingerprint density at radius 1 is 1.23 bits per heavy atom. The molecule has 1 aromatic heterocycles. The van der Waals surface area contributed by atoms with Gasteiger partial charge < -0.3 is 14.6 Å². The lowest BCUT2D eigenvalue weighted by molar-refractivity contribution is -0.155. The van der Waals surface area contributed by atoms with Gasteiger partial charge in [-0.3, -0.25) is 14.7 Å². The predicted molar refractivity (Wildman–Crippen MR) is 106 cm³/mol. The third-order valence-electron chi connectivity index (χ3n) is 4.53. The van der Waals surface area contributed by atoms with Crippen molar-refractivity contribution in [2.45, 2.75) is 45.6 Å². The highest BCUT2D eigenvalue weighted by molar-refractivity contribution is 5.93. The predicted octanol–water partition coefficient (Wildman–Crippen LogP) is 1.22. The van der Waals surface area contributed by atoms with E-state index in [9.17, 15) is 24.3 Å². The average Bonchev–Trinajstić information content (AvgIpc) is 3.11. The maximum atomic E-state index is 12.4. The lowest BCUT2D eigenvalue weighted by atomic mass is 9.96. The Labute approximate surface area is 177 Å². The van der Waals surface area contributed by atoms with Gasteiger partial charge in [0.1, 0.15) is 18.7 Å². The van der Waals surface area contributed by atoms with Gasteiger partial charge in [0.15, 0.2) is 6.10 Å². The number of carbonyl (C=O) groups is 3. The van der Waals surface area contributed by atoms with Crippen LogP contribution in [0, 0.1) is 5.41 Å². The van der Waals surface area contributed by atoms with Crippen LogP contribution in [-0.2, 0) is 19.1 Å². The Morgan fingerprint density at radius 2 is 1.90 bits per heavy atom. The van der Waals surface area contributed by atoms with E-state index in [1.54, 1.807) is 39.0 Å². The molecule has 1 aromatic carbocycles. The number of anilines is 1. The summed E-state index contributed by atoms with van der Waals surface area (Å²) >= 11 is 0. The molecule has 0 aliphatic carbocycles. The molecule has 31 heavy (non-hydrogen) atoms. The van der Waals surface area contributed by atoms with Crippen LogP contribution in [0.15, 0.2) is 41.5 Å². The summed E-state index contributed by atoms with van der Waals surface area (Å²) in [5.74, 6) is -2.59. The zero-order chi connectivity index (χ0) is 22.8. The number of ether oxygens (including phenoxy) is 2. The van der Waals surface area contributed by atoms with Gasteiger partial charge in [-0.05, 0) is 12.1 Å². The molecular formula is C20H22N4O7. The zero-order valence-corrected chi connectivity index (χ0v) is 17.1. The second-order valence-electron chi connectivity index (χ2n) is 7.97. The molecule has 2 N–H and O–H groups in total. The molecule has 1 aliphatic heterocycles. The van der Waals surface area contributed by atoms with E-state index >= 15 is 0 Å². The first-order valence-electron chi connectivity index (χ1n) is 9.47. The van der Waals surface area contributed by atoms with Gasteiger partial charge in [0.2, 0.25) is 11.9 Å². The van der Waals surface area contributed by atoms with Crippen molar-refractivity contribution in [1.82, 2.24) is 14.5 Å². The number of carbonyl (C=O) groups excluding carboxylic acids is 2. The van der Waals surface area contributed by atoms with Crippen molar-refractivity contribution in [2.24, 2.45) is 5.41 Å². The van der Waals surface area contributed by atoms with E-state index in [1.807, 2.05) is 0 Å². The number of carboxylic acids is 1. The first-order chi connectivity index (χ1) is 14.6. The Morgan fingerprint density at radius 3 is 2.48 bits per heavy atom. The smallest absolute Gasteiger partial charge is 0.354 e. The average molecular weight is 430 g/mol. The molecule has 1 aliphatic rings. The van der Waals surface area contributed by atoms with E-state index in [4.69, 9.17) is 9.47 Å². The van der Waals surface area contributed by atoms with Gasteiger partial charge >= 0.3 is 17.6 Å². The Kier molecular flexibility index (Phi) is 6.16. The molecule has 11 heteroatoms. The maximum absolute atomic E-state index is 12.4. The lowest BCUT2D eigenvalue weighted by Gasteiger charge is -2.17. The summed E-state index contributed by atoms with van der Waals surface area (Å²) in [7, 11) is 0. The van der Waals surface area contributed by atoms with Crippen LogP contribution in [0.4, 0.5) is 5.95 Å². The number of aliphatic carboxylic acids is 1. The van der Waals surface area contributed by atoms with Gasteiger partial charge in [0.05, 0.1) is 5.56 Å². The van der Waals surface area contributed by atoms with Crippen LogP contribution in [0.3, 0.4) is 0 Å². The van der Waals surface area contributed by atoms with Gasteiger partial charge in [-0.15, -0.1) is 0 Å². The van der Waals surface area contributed by atoms with Gasteiger partial charge in [-0.1, -0.05) is 39.0 Å². The number of aromatic nitrogens is 3. The van der Waals surface area contributed by atoms with Crippen molar-refractivity contribution in [2.75, 3.05) is 5.32 Å². The molecule has 1 saturated heterocycles. The van der Waals surface area contributed by atoms with Crippen molar-refractivity contribution >= 4 is 23.8 Å². The van der Waals surface area contributed by atoms with Crippen molar-refractivity contribution in [3.8, 4) is 0 Å². The maximum Gasteiger partial charge on any atom is 0.354 e. The number of esters is 1. The van der Waals surface area contributed by atoms with Crippen LogP contribution in [0.1, 0.15) is 43.8 Å². The minimum absolute atomic E-state index is 0.0908. The fourth-order valence-electron chi connectivity index (χ4n) is 2.81. The van der Waals surface area contributed by atoms with E-state index in [0.717, 1.165) is 10.9 Å². The van der Waals surface area contributed by atoms with Gasteiger partial charge in [0.25, 0.3) is 0 Å². The highest BCUT2D eigenvalue weighted by atomic mass is 16.6. The third-order valence-corrected chi connectivity index (χ3v) is 4.53. The summed E-state index contributed by atoms with van der Waals surface area (Å²) < 4.78 is 11.7. The molecule has 0 unspecified atom stereocenters. The topological polar surface area (TPSA) is 150 Å².